The van der Waals surface area contributed by atoms with E-state index in [0.717, 1.165) is 0 Å². The van der Waals surface area contributed by atoms with Crippen LogP contribution in [0, 0.1) is 0 Å². The Bertz CT molecular complexity index is 789. The van der Waals surface area contributed by atoms with Crippen LogP contribution in [0.1, 0.15) is 19.6 Å². The minimum Gasteiger partial charge on any atom is -0.465 e. The lowest BCUT2D eigenvalue weighted by molar-refractivity contribution is -0.0543. The normalized spacial score (nSPS) is 27.0. The van der Waals surface area contributed by atoms with Crippen molar-refractivity contribution in [2.45, 2.75) is 37.9 Å². The van der Waals surface area contributed by atoms with E-state index >= 15 is 0 Å². The third-order valence-electron chi connectivity index (χ3n) is 3.74. The number of aliphatic hydroxyl groups excluding tert-OH is 3. The summed E-state index contributed by atoms with van der Waals surface area (Å²) in [4.78, 5) is 22.5. The van der Waals surface area contributed by atoms with E-state index in [4.69, 9.17) is 15.2 Å². The van der Waals surface area contributed by atoms with Crippen LogP contribution in [-0.2, 0) is 4.74 Å². The zero-order valence-corrected chi connectivity index (χ0v) is 12.9. The Morgan fingerprint density at radius 3 is 2.75 bits per heavy atom. The number of anilines is 1. The predicted octanol–water partition coefficient (Wildman–Crippen LogP) is -1.90. The minimum atomic E-state index is -1.37. The van der Waals surface area contributed by atoms with E-state index < -0.39 is 36.7 Å². The largest absolute Gasteiger partial charge is 0.465 e. The molecule has 11 heteroatoms. The zero-order valence-electron chi connectivity index (χ0n) is 12.9. The van der Waals surface area contributed by atoms with Gasteiger partial charge < -0.3 is 30.5 Å². The Balaban J connectivity index is 2.15. The van der Waals surface area contributed by atoms with Gasteiger partial charge in [-0.3, -0.25) is 9.78 Å². The Kier molecular flexibility index (Phi) is 4.41. The van der Waals surface area contributed by atoms with Crippen LogP contribution in [0.15, 0.2) is 4.79 Å². The SMILES string of the molecule is CCCOc1nc2c(=O)[nH]c(N)nc2n1C1OC(CO)C(O)C1O. The van der Waals surface area contributed by atoms with Crippen molar-refractivity contribution in [2.24, 2.45) is 0 Å². The second kappa shape index (κ2) is 6.36. The molecule has 0 saturated carbocycles. The number of nitrogen functional groups attached to an aromatic ring is 1. The molecule has 4 unspecified atom stereocenters. The molecule has 0 spiro atoms. The number of hydrogen-bond donors (Lipinski definition) is 5. The van der Waals surface area contributed by atoms with Crippen LogP contribution in [0.25, 0.3) is 11.2 Å². The number of ether oxygens (including phenoxy) is 2. The quantitative estimate of drug-likeness (QED) is 0.417. The summed E-state index contributed by atoms with van der Waals surface area (Å²) in [5.74, 6) is -0.137. The highest BCUT2D eigenvalue weighted by Gasteiger charge is 2.45. The summed E-state index contributed by atoms with van der Waals surface area (Å²) in [6.45, 7) is 1.72. The smallest absolute Gasteiger partial charge is 0.301 e. The maximum absolute atomic E-state index is 12.0. The number of rotatable bonds is 5. The summed E-state index contributed by atoms with van der Waals surface area (Å²) in [5, 5.41) is 29.4. The number of nitrogens with one attached hydrogen (secondary N) is 1. The maximum atomic E-state index is 12.0. The number of nitrogens with two attached hydrogens (primary N) is 1. The number of aliphatic hydroxyl groups is 3. The molecule has 4 atom stereocenters. The van der Waals surface area contributed by atoms with Crippen molar-refractivity contribution >= 4 is 17.1 Å². The van der Waals surface area contributed by atoms with Gasteiger partial charge in [-0.2, -0.15) is 9.97 Å². The Morgan fingerprint density at radius 1 is 1.38 bits per heavy atom. The van der Waals surface area contributed by atoms with Gasteiger partial charge in [-0.05, 0) is 6.42 Å². The first-order valence-corrected chi connectivity index (χ1v) is 7.50. The molecular formula is C13H19N5O6. The van der Waals surface area contributed by atoms with Crippen molar-refractivity contribution < 1.29 is 24.8 Å². The highest BCUT2D eigenvalue weighted by molar-refractivity contribution is 5.72. The van der Waals surface area contributed by atoms with Gasteiger partial charge in [0.15, 0.2) is 17.4 Å². The van der Waals surface area contributed by atoms with E-state index in [0.29, 0.717) is 13.0 Å². The zero-order chi connectivity index (χ0) is 17.4. The first-order valence-electron chi connectivity index (χ1n) is 7.50. The van der Waals surface area contributed by atoms with E-state index in [-0.39, 0.29) is 23.1 Å². The molecule has 0 aromatic carbocycles. The van der Waals surface area contributed by atoms with E-state index in [1.807, 2.05) is 6.92 Å². The number of imidazole rings is 1. The van der Waals surface area contributed by atoms with Crippen LogP contribution in [0.3, 0.4) is 0 Å². The van der Waals surface area contributed by atoms with Crippen LogP contribution in [0.4, 0.5) is 5.95 Å². The van der Waals surface area contributed by atoms with Crippen LogP contribution >= 0.6 is 0 Å². The van der Waals surface area contributed by atoms with Crippen LogP contribution in [0.2, 0.25) is 0 Å². The van der Waals surface area contributed by atoms with E-state index in [1.54, 1.807) is 0 Å². The van der Waals surface area contributed by atoms with Gasteiger partial charge in [0.2, 0.25) is 5.95 Å². The van der Waals surface area contributed by atoms with Gasteiger partial charge in [0, 0.05) is 0 Å². The van der Waals surface area contributed by atoms with Gasteiger partial charge in [0.05, 0.1) is 13.2 Å². The number of hydrogen-bond acceptors (Lipinski definition) is 9. The van der Waals surface area contributed by atoms with E-state index in [9.17, 15) is 20.1 Å². The molecule has 24 heavy (non-hydrogen) atoms. The standard InChI is InChI=1S/C13H19N5O6/c1-2-3-23-13-15-6-9(16-12(14)17-10(6)22)18(13)11-8(21)7(20)5(4-19)24-11/h5,7-8,11,19-21H,2-4H2,1H3,(H3,14,16,17,22). The minimum absolute atomic E-state index is 0.00490. The Labute approximate surface area is 135 Å². The first-order chi connectivity index (χ1) is 11.5. The highest BCUT2D eigenvalue weighted by atomic mass is 16.6. The fraction of sp³-hybridized carbons (Fsp3) is 0.615. The lowest BCUT2D eigenvalue weighted by atomic mass is 10.1. The molecule has 3 heterocycles. The summed E-state index contributed by atoms with van der Waals surface area (Å²) in [6, 6.07) is 0.00490. The summed E-state index contributed by atoms with van der Waals surface area (Å²) in [6.07, 6.45) is -4.12. The summed E-state index contributed by atoms with van der Waals surface area (Å²) in [5.41, 5.74) is 5.03. The molecule has 0 aliphatic carbocycles. The predicted molar refractivity (Wildman–Crippen MR) is 81.4 cm³/mol. The van der Waals surface area contributed by atoms with Crippen LogP contribution < -0.4 is 16.0 Å². The number of aromatic amines is 1. The summed E-state index contributed by atoms with van der Waals surface area (Å²) < 4.78 is 12.3. The third-order valence-corrected chi connectivity index (χ3v) is 3.74. The Morgan fingerprint density at radius 2 is 2.12 bits per heavy atom. The second-order valence-corrected chi connectivity index (χ2v) is 5.47. The maximum Gasteiger partial charge on any atom is 0.301 e. The van der Waals surface area contributed by atoms with Gasteiger partial charge >= 0.3 is 6.01 Å². The van der Waals surface area contributed by atoms with Crippen molar-refractivity contribution in [3.8, 4) is 6.01 Å². The molecule has 0 amide bonds. The molecule has 1 fully saturated rings. The molecular weight excluding hydrogens is 322 g/mol. The number of H-pyrrole nitrogens is 1. The molecule has 1 aliphatic heterocycles. The molecule has 132 valence electrons. The summed E-state index contributed by atoms with van der Waals surface area (Å²) >= 11 is 0. The Hall–Kier alpha value is -2.21. The molecule has 2 aromatic heterocycles. The number of aromatic nitrogens is 4. The van der Waals surface area contributed by atoms with E-state index in [2.05, 4.69) is 15.0 Å². The molecule has 0 radical (unpaired) electrons. The van der Waals surface area contributed by atoms with Crippen molar-refractivity contribution in [3.63, 3.8) is 0 Å². The van der Waals surface area contributed by atoms with Gasteiger partial charge in [-0.25, -0.2) is 4.57 Å². The molecule has 3 rings (SSSR count). The third kappa shape index (κ3) is 2.60. The van der Waals surface area contributed by atoms with Gasteiger partial charge in [0.1, 0.15) is 18.3 Å². The van der Waals surface area contributed by atoms with Crippen molar-refractivity contribution in [1.82, 2.24) is 19.5 Å². The lowest BCUT2D eigenvalue weighted by Crippen LogP contribution is -2.33. The molecule has 6 N–H and O–H groups in total. The van der Waals surface area contributed by atoms with Crippen molar-refractivity contribution in [1.29, 1.82) is 0 Å². The lowest BCUT2D eigenvalue weighted by Gasteiger charge is -2.18. The highest BCUT2D eigenvalue weighted by Crippen LogP contribution is 2.34. The first kappa shape index (κ1) is 16.6. The molecule has 1 aliphatic rings. The van der Waals surface area contributed by atoms with Gasteiger partial charge in [-0.15, -0.1) is 0 Å². The average molecular weight is 341 g/mol. The molecule has 0 bridgehead atoms. The monoisotopic (exact) mass is 341 g/mol. The van der Waals surface area contributed by atoms with E-state index in [1.165, 1.54) is 4.57 Å². The van der Waals surface area contributed by atoms with Crippen LogP contribution in [-0.4, -0.2) is 66.4 Å². The fourth-order valence-electron chi connectivity index (χ4n) is 2.60. The molecule has 1 saturated heterocycles. The van der Waals surface area contributed by atoms with Gasteiger partial charge in [-0.1, -0.05) is 6.92 Å². The average Bonchev–Trinajstić information content (AvgIpc) is 3.04. The molecule has 11 nitrogen and oxygen atoms in total. The number of nitrogens with zero attached hydrogens (tertiary/aromatic N) is 3. The van der Waals surface area contributed by atoms with Crippen LogP contribution in [0.5, 0.6) is 6.01 Å². The number of fused-ring (bicyclic) bond motifs is 1. The van der Waals surface area contributed by atoms with Gasteiger partial charge in [0.25, 0.3) is 5.56 Å². The van der Waals surface area contributed by atoms with Crippen molar-refractivity contribution in [3.05, 3.63) is 10.4 Å². The molecule has 2 aromatic rings. The second-order valence-electron chi connectivity index (χ2n) is 5.47. The summed E-state index contributed by atoms with van der Waals surface area (Å²) in [7, 11) is 0. The fourth-order valence-corrected chi connectivity index (χ4v) is 2.60. The van der Waals surface area contributed by atoms with Crippen molar-refractivity contribution in [2.75, 3.05) is 18.9 Å². The topological polar surface area (TPSA) is 169 Å².